The molecule has 19 heavy (non-hydrogen) atoms. The molecule has 0 bridgehead atoms. The monoisotopic (exact) mass is 263 g/mol. The molecule has 1 unspecified atom stereocenters. The Labute approximate surface area is 116 Å². The number of likely N-dealkylation sites (N-methyl/N-ethyl adjacent to an activating group) is 1. The van der Waals surface area contributed by atoms with Gasteiger partial charge in [-0.05, 0) is 20.9 Å². The van der Waals surface area contributed by atoms with Gasteiger partial charge >= 0.3 is 0 Å². The minimum Gasteiger partial charge on any atom is -0.377 e. The first-order valence-corrected chi connectivity index (χ1v) is 6.90. The van der Waals surface area contributed by atoms with Gasteiger partial charge in [-0.25, -0.2) is 0 Å². The van der Waals surface area contributed by atoms with Crippen molar-refractivity contribution in [3.05, 3.63) is 35.9 Å². The number of hydrogen-bond donors (Lipinski definition) is 0. The Morgan fingerprint density at radius 1 is 1.21 bits per heavy atom. The molecule has 0 aliphatic rings. The number of nitrogens with zero attached hydrogens (tertiary/aromatic N) is 1. The molecule has 0 saturated carbocycles. The standard InChI is InChI=1S/C16H25NO2/c1-13(2)19-11-10-17(4)12-14(3)16(18)15-8-6-5-7-9-15/h5-9,13-14H,10-12H2,1-4H3. The molecule has 3 nitrogen and oxygen atoms in total. The quantitative estimate of drug-likeness (QED) is 0.675. The zero-order chi connectivity index (χ0) is 14.3. The number of rotatable bonds is 8. The van der Waals surface area contributed by atoms with Crippen molar-refractivity contribution in [3.8, 4) is 0 Å². The molecular weight excluding hydrogens is 238 g/mol. The molecule has 0 aliphatic carbocycles. The number of ketones is 1. The first kappa shape index (κ1) is 15.9. The largest absolute Gasteiger partial charge is 0.377 e. The molecule has 0 radical (unpaired) electrons. The van der Waals surface area contributed by atoms with Crippen molar-refractivity contribution in [3.63, 3.8) is 0 Å². The van der Waals surface area contributed by atoms with Crippen LogP contribution in [0.25, 0.3) is 0 Å². The van der Waals surface area contributed by atoms with Gasteiger partial charge in [0.2, 0.25) is 0 Å². The lowest BCUT2D eigenvalue weighted by molar-refractivity contribution is 0.0600. The van der Waals surface area contributed by atoms with E-state index in [1.807, 2.05) is 58.2 Å². The summed E-state index contributed by atoms with van der Waals surface area (Å²) < 4.78 is 5.51. The van der Waals surface area contributed by atoms with Crippen LogP contribution in [0.1, 0.15) is 31.1 Å². The summed E-state index contributed by atoms with van der Waals surface area (Å²) in [5.74, 6) is 0.212. The van der Waals surface area contributed by atoms with Gasteiger partial charge in [0.05, 0.1) is 12.7 Å². The van der Waals surface area contributed by atoms with Crippen molar-refractivity contribution < 1.29 is 9.53 Å². The van der Waals surface area contributed by atoms with Crippen LogP contribution >= 0.6 is 0 Å². The fraction of sp³-hybridized carbons (Fsp3) is 0.562. The van der Waals surface area contributed by atoms with Crippen molar-refractivity contribution in [2.45, 2.75) is 26.9 Å². The van der Waals surface area contributed by atoms with Crippen LogP contribution < -0.4 is 0 Å². The highest BCUT2D eigenvalue weighted by Gasteiger charge is 2.16. The van der Waals surface area contributed by atoms with E-state index in [0.29, 0.717) is 6.61 Å². The maximum Gasteiger partial charge on any atom is 0.166 e. The lowest BCUT2D eigenvalue weighted by Gasteiger charge is -2.21. The van der Waals surface area contributed by atoms with Crippen molar-refractivity contribution >= 4 is 5.78 Å². The lowest BCUT2D eigenvalue weighted by atomic mass is 9.99. The van der Waals surface area contributed by atoms with Crippen molar-refractivity contribution in [1.29, 1.82) is 0 Å². The summed E-state index contributed by atoms with van der Waals surface area (Å²) in [6.45, 7) is 8.36. The minimum absolute atomic E-state index is 0.00597. The fourth-order valence-corrected chi connectivity index (χ4v) is 1.97. The molecule has 0 spiro atoms. The number of benzene rings is 1. The van der Waals surface area contributed by atoms with Crippen LogP contribution in [0, 0.1) is 5.92 Å². The maximum atomic E-state index is 12.2. The number of carbonyl (C=O) groups is 1. The normalized spacial score (nSPS) is 12.9. The maximum absolute atomic E-state index is 12.2. The van der Waals surface area contributed by atoms with Gasteiger partial charge in [-0.1, -0.05) is 37.3 Å². The number of Topliss-reactive ketones (excluding diaryl/α,β-unsaturated/α-hetero) is 1. The van der Waals surface area contributed by atoms with E-state index in [2.05, 4.69) is 4.90 Å². The predicted octanol–water partition coefficient (Wildman–Crippen LogP) is 2.86. The highest BCUT2D eigenvalue weighted by Crippen LogP contribution is 2.09. The summed E-state index contributed by atoms with van der Waals surface area (Å²) in [6, 6.07) is 9.48. The van der Waals surface area contributed by atoms with Gasteiger partial charge in [0.25, 0.3) is 0 Å². The second-order valence-electron chi connectivity index (χ2n) is 5.31. The molecule has 1 rings (SSSR count). The van der Waals surface area contributed by atoms with Gasteiger partial charge in [-0.2, -0.15) is 0 Å². The summed E-state index contributed by atoms with van der Waals surface area (Å²) >= 11 is 0. The Kier molecular flexibility index (Phi) is 6.74. The molecule has 3 heteroatoms. The molecule has 106 valence electrons. The molecule has 1 aromatic rings. The van der Waals surface area contributed by atoms with Crippen LogP contribution in [0.15, 0.2) is 30.3 Å². The Hall–Kier alpha value is -1.19. The van der Waals surface area contributed by atoms with E-state index in [4.69, 9.17) is 4.74 Å². The van der Waals surface area contributed by atoms with E-state index in [0.717, 1.165) is 18.7 Å². The number of ether oxygens (including phenoxy) is 1. The van der Waals surface area contributed by atoms with Gasteiger partial charge in [-0.3, -0.25) is 4.79 Å². The molecule has 0 heterocycles. The van der Waals surface area contributed by atoms with Gasteiger partial charge in [0, 0.05) is 24.6 Å². The smallest absolute Gasteiger partial charge is 0.166 e. The van der Waals surface area contributed by atoms with E-state index in [1.165, 1.54) is 0 Å². The molecule has 0 saturated heterocycles. The lowest BCUT2D eigenvalue weighted by Crippen LogP contribution is -2.31. The SMILES string of the molecule is CC(C)OCCN(C)CC(C)C(=O)c1ccccc1. The Balaban J connectivity index is 2.37. The fourth-order valence-electron chi connectivity index (χ4n) is 1.97. The predicted molar refractivity (Wildman–Crippen MR) is 78.5 cm³/mol. The van der Waals surface area contributed by atoms with Crippen molar-refractivity contribution in [1.82, 2.24) is 4.90 Å². The first-order chi connectivity index (χ1) is 9.00. The second kappa shape index (κ2) is 8.08. The summed E-state index contributed by atoms with van der Waals surface area (Å²) in [6.07, 6.45) is 0.261. The van der Waals surface area contributed by atoms with Crippen LogP contribution in [0.3, 0.4) is 0 Å². The van der Waals surface area contributed by atoms with Crippen molar-refractivity contribution in [2.75, 3.05) is 26.7 Å². The van der Waals surface area contributed by atoms with Crippen molar-refractivity contribution in [2.24, 2.45) is 5.92 Å². The van der Waals surface area contributed by atoms with Gasteiger partial charge in [-0.15, -0.1) is 0 Å². The van der Waals surface area contributed by atoms with Crippen LogP contribution in [0.4, 0.5) is 0 Å². The average Bonchev–Trinajstić information content (AvgIpc) is 2.38. The van der Waals surface area contributed by atoms with E-state index >= 15 is 0 Å². The highest BCUT2D eigenvalue weighted by atomic mass is 16.5. The van der Waals surface area contributed by atoms with Gasteiger partial charge in [0.15, 0.2) is 5.78 Å². The molecule has 0 fully saturated rings. The van der Waals surface area contributed by atoms with Crippen LogP contribution in [-0.2, 0) is 4.74 Å². The van der Waals surface area contributed by atoms with Crippen LogP contribution in [-0.4, -0.2) is 43.5 Å². The average molecular weight is 263 g/mol. The third-order valence-corrected chi connectivity index (χ3v) is 3.02. The molecule has 0 aromatic heterocycles. The zero-order valence-corrected chi connectivity index (χ0v) is 12.4. The second-order valence-corrected chi connectivity index (χ2v) is 5.31. The molecule has 0 aliphatic heterocycles. The van der Waals surface area contributed by atoms with Gasteiger partial charge in [0.1, 0.15) is 0 Å². The summed E-state index contributed by atoms with van der Waals surface area (Å²) in [5.41, 5.74) is 0.793. The highest BCUT2D eigenvalue weighted by molar-refractivity contribution is 5.97. The third kappa shape index (κ3) is 5.99. The summed E-state index contributed by atoms with van der Waals surface area (Å²) in [5, 5.41) is 0. The molecule has 0 N–H and O–H groups in total. The molecular formula is C16H25NO2. The molecule has 1 atom stereocenters. The van der Waals surface area contributed by atoms with Crippen LogP contribution in [0.2, 0.25) is 0 Å². The topological polar surface area (TPSA) is 29.5 Å². The third-order valence-electron chi connectivity index (χ3n) is 3.02. The zero-order valence-electron chi connectivity index (χ0n) is 12.4. The summed E-state index contributed by atoms with van der Waals surface area (Å²) in [7, 11) is 2.03. The Bertz CT molecular complexity index is 376. The minimum atomic E-state index is 0.00597. The first-order valence-electron chi connectivity index (χ1n) is 6.90. The number of carbonyl (C=O) groups excluding carboxylic acids is 1. The van der Waals surface area contributed by atoms with E-state index in [9.17, 15) is 4.79 Å². The Morgan fingerprint density at radius 2 is 1.84 bits per heavy atom. The Morgan fingerprint density at radius 3 is 2.42 bits per heavy atom. The van der Waals surface area contributed by atoms with E-state index < -0.39 is 0 Å². The van der Waals surface area contributed by atoms with E-state index in [-0.39, 0.29) is 17.8 Å². The van der Waals surface area contributed by atoms with Gasteiger partial charge < -0.3 is 9.64 Å². The molecule has 1 aromatic carbocycles. The molecule has 0 amide bonds. The van der Waals surface area contributed by atoms with Crippen LogP contribution in [0.5, 0.6) is 0 Å². The van der Waals surface area contributed by atoms with E-state index in [1.54, 1.807) is 0 Å². The number of hydrogen-bond acceptors (Lipinski definition) is 3. The summed E-state index contributed by atoms with van der Waals surface area (Å²) in [4.78, 5) is 14.4.